The number of nitrogens with zero attached hydrogens (tertiary/aromatic N) is 3. The molecule has 4 rings (SSSR count). The number of fused-ring (bicyclic) bond motifs is 3. The Hall–Kier alpha value is -2.69. The van der Waals surface area contributed by atoms with E-state index >= 15 is 4.39 Å². The molecule has 2 atom stereocenters. The van der Waals surface area contributed by atoms with Crippen LogP contribution in [0.2, 0.25) is 0 Å². The molecule has 0 radical (unpaired) electrons. The number of alkyl halides is 2. The van der Waals surface area contributed by atoms with Crippen molar-refractivity contribution >= 4 is 28.7 Å². The molecule has 2 aliphatic rings. The summed E-state index contributed by atoms with van der Waals surface area (Å²) in [6.45, 7) is 2.04. The number of rotatable bonds is 5. The van der Waals surface area contributed by atoms with Gasteiger partial charge < -0.3 is 15.0 Å². The number of benzene rings is 1. The summed E-state index contributed by atoms with van der Waals surface area (Å²) in [6.07, 6.45) is -1.07. The lowest BCUT2D eigenvalue weighted by molar-refractivity contribution is -0.121. The molecule has 30 heavy (non-hydrogen) atoms. The Bertz CT molecular complexity index is 1010. The van der Waals surface area contributed by atoms with Crippen LogP contribution in [0.5, 0.6) is 5.75 Å². The molecule has 0 spiro atoms. The standard InChI is InChI=1S/C19H19F3N4O3S/c1-9(17(23)27)6-10-2-3-11-15(14(10)20)29-5-4-25-7-13(24-18(11)25)26-12(16(21)22)8-30-19(26)28/h2-3,7,9,12,16H,4-6,8H2,1H3,(H2,23,27)/t9-,12+/m1/s1. The zero-order valence-corrected chi connectivity index (χ0v) is 16.8. The number of amides is 2. The number of halogens is 3. The van der Waals surface area contributed by atoms with Crippen molar-refractivity contribution in [1.82, 2.24) is 9.55 Å². The Morgan fingerprint density at radius 1 is 1.43 bits per heavy atom. The van der Waals surface area contributed by atoms with Crippen molar-refractivity contribution in [3.05, 3.63) is 29.7 Å². The van der Waals surface area contributed by atoms with E-state index in [4.69, 9.17) is 10.5 Å². The van der Waals surface area contributed by atoms with Crippen LogP contribution in [0.1, 0.15) is 12.5 Å². The van der Waals surface area contributed by atoms with Crippen LogP contribution < -0.4 is 15.4 Å². The molecule has 0 saturated carbocycles. The Morgan fingerprint density at radius 2 is 2.20 bits per heavy atom. The predicted octanol–water partition coefficient (Wildman–Crippen LogP) is 3.05. The second-order valence-electron chi connectivity index (χ2n) is 7.24. The van der Waals surface area contributed by atoms with Gasteiger partial charge in [-0.25, -0.2) is 18.2 Å². The number of carbonyl (C=O) groups is 2. The zero-order valence-electron chi connectivity index (χ0n) is 16.0. The summed E-state index contributed by atoms with van der Waals surface area (Å²) >= 11 is 0.820. The van der Waals surface area contributed by atoms with Gasteiger partial charge in [0.25, 0.3) is 11.7 Å². The molecule has 7 nitrogen and oxygen atoms in total. The zero-order chi connectivity index (χ0) is 21.6. The first-order valence-corrected chi connectivity index (χ1v) is 10.3. The van der Waals surface area contributed by atoms with Crippen molar-refractivity contribution < 1.29 is 27.5 Å². The van der Waals surface area contributed by atoms with Gasteiger partial charge in [0.2, 0.25) is 5.91 Å². The van der Waals surface area contributed by atoms with Gasteiger partial charge >= 0.3 is 0 Å². The molecule has 11 heteroatoms. The average molecular weight is 440 g/mol. The van der Waals surface area contributed by atoms with E-state index in [1.807, 2.05) is 0 Å². The highest BCUT2D eigenvalue weighted by molar-refractivity contribution is 8.14. The van der Waals surface area contributed by atoms with Crippen LogP contribution in [0.4, 0.5) is 23.8 Å². The Kier molecular flexibility index (Phi) is 5.39. The second kappa shape index (κ2) is 7.86. The summed E-state index contributed by atoms with van der Waals surface area (Å²) in [5.74, 6) is -1.32. The minimum atomic E-state index is -2.70. The first-order chi connectivity index (χ1) is 14.3. The number of carbonyl (C=O) groups excluding carboxylic acids is 2. The highest BCUT2D eigenvalue weighted by Gasteiger charge is 2.41. The summed E-state index contributed by atoms with van der Waals surface area (Å²) in [6, 6.07) is 1.88. The van der Waals surface area contributed by atoms with Crippen molar-refractivity contribution in [3.8, 4) is 17.1 Å². The van der Waals surface area contributed by atoms with E-state index < -0.39 is 35.3 Å². The Labute approximate surface area is 174 Å². The lowest BCUT2D eigenvalue weighted by Gasteiger charge is -2.20. The third-order valence-corrected chi connectivity index (χ3v) is 6.17. The minimum Gasteiger partial charge on any atom is -0.488 e. The molecule has 0 unspecified atom stereocenters. The average Bonchev–Trinajstić information content (AvgIpc) is 3.23. The number of ether oxygens (including phenoxy) is 1. The maximum Gasteiger partial charge on any atom is 0.287 e. The van der Waals surface area contributed by atoms with E-state index in [0.29, 0.717) is 17.9 Å². The maximum atomic E-state index is 15.1. The lowest BCUT2D eigenvalue weighted by atomic mass is 9.98. The molecule has 1 fully saturated rings. The van der Waals surface area contributed by atoms with Gasteiger partial charge in [-0.15, -0.1) is 0 Å². The predicted molar refractivity (Wildman–Crippen MR) is 105 cm³/mol. The van der Waals surface area contributed by atoms with E-state index in [9.17, 15) is 18.4 Å². The number of imidazole rings is 1. The van der Waals surface area contributed by atoms with E-state index in [1.165, 1.54) is 12.3 Å². The van der Waals surface area contributed by atoms with Crippen molar-refractivity contribution in [2.45, 2.75) is 32.4 Å². The van der Waals surface area contributed by atoms with E-state index in [1.54, 1.807) is 17.6 Å². The quantitative estimate of drug-likeness (QED) is 0.772. The molecule has 2 amide bonds. The molecule has 1 saturated heterocycles. The summed E-state index contributed by atoms with van der Waals surface area (Å²) in [4.78, 5) is 28.9. The van der Waals surface area contributed by atoms with Crippen LogP contribution in [0.15, 0.2) is 18.3 Å². The molecule has 0 bridgehead atoms. The fraction of sp³-hybridized carbons (Fsp3) is 0.421. The van der Waals surface area contributed by atoms with Gasteiger partial charge in [-0.05, 0) is 18.1 Å². The molecule has 1 aromatic carbocycles. The van der Waals surface area contributed by atoms with Crippen LogP contribution in [-0.4, -0.2) is 45.5 Å². The summed E-state index contributed by atoms with van der Waals surface area (Å²) < 4.78 is 49.1. The van der Waals surface area contributed by atoms with Gasteiger partial charge in [0.05, 0.1) is 12.1 Å². The minimum absolute atomic E-state index is 0.0194. The van der Waals surface area contributed by atoms with Crippen LogP contribution in [0.25, 0.3) is 11.4 Å². The molecule has 2 N–H and O–H groups in total. The van der Waals surface area contributed by atoms with E-state index in [-0.39, 0.29) is 35.9 Å². The molecule has 1 aromatic heterocycles. The highest BCUT2D eigenvalue weighted by atomic mass is 32.2. The number of hydrogen-bond donors (Lipinski definition) is 1. The molecule has 2 aliphatic heterocycles. The van der Waals surface area contributed by atoms with Crippen molar-refractivity contribution in [2.24, 2.45) is 11.7 Å². The third-order valence-electron chi connectivity index (χ3n) is 5.22. The Morgan fingerprint density at radius 3 is 2.90 bits per heavy atom. The van der Waals surface area contributed by atoms with Crippen molar-refractivity contribution in [3.63, 3.8) is 0 Å². The van der Waals surface area contributed by atoms with Crippen LogP contribution in [-0.2, 0) is 17.8 Å². The van der Waals surface area contributed by atoms with Crippen molar-refractivity contribution in [2.75, 3.05) is 17.3 Å². The lowest BCUT2D eigenvalue weighted by Crippen LogP contribution is -2.38. The van der Waals surface area contributed by atoms with E-state index in [2.05, 4.69) is 4.98 Å². The third kappa shape index (κ3) is 3.51. The second-order valence-corrected chi connectivity index (χ2v) is 8.21. The largest absolute Gasteiger partial charge is 0.488 e. The molecular weight excluding hydrogens is 421 g/mol. The van der Waals surface area contributed by atoms with Crippen LogP contribution in [0.3, 0.4) is 0 Å². The number of anilines is 1. The smallest absolute Gasteiger partial charge is 0.287 e. The number of nitrogens with two attached hydrogens (primary N) is 1. The van der Waals surface area contributed by atoms with Gasteiger partial charge in [-0.1, -0.05) is 24.8 Å². The highest BCUT2D eigenvalue weighted by Crippen LogP contribution is 2.39. The molecule has 2 aromatic rings. The number of primary amides is 1. The maximum absolute atomic E-state index is 15.1. The van der Waals surface area contributed by atoms with Crippen molar-refractivity contribution in [1.29, 1.82) is 0 Å². The molecule has 0 aliphatic carbocycles. The van der Waals surface area contributed by atoms with Gasteiger partial charge in [0.1, 0.15) is 18.5 Å². The van der Waals surface area contributed by atoms with E-state index in [0.717, 1.165) is 16.7 Å². The SMILES string of the molecule is C[C@H](Cc1ccc2c(c1F)OCCn1cc(N3C(=O)SC[C@H]3C(F)F)nc1-2)C(N)=O. The van der Waals surface area contributed by atoms with Gasteiger partial charge in [-0.2, -0.15) is 0 Å². The van der Waals surface area contributed by atoms with Gasteiger partial charge in [-0.3, -0.25) is 14.5 Å². The normalized spacial score (nSPS) is 19.3. The van der Waals surface area contributed by atoms with Crippen LogP contribution >= 0.6 is 11.8 Å². The fourth-order valence-corrected chi connectivity index (χ4v) is 4.51. The van der Waals surface area contributed by atoms with Gasteiger partial charge in [0, 0.05) is 17.9 Å². The number of thioether (sulfide) groups is 1. The number of hydrogen-bond acceptors (Lipinski definition) is 5. The molecule has 3 heterocycles. The summed E-state index contributed by atoms with van der Waals surface area (Å²) in [5.41, 5.74) is 5.90. The topological polar surface area (TPSA) is 90.4 Å². The molecular formula is C19H19F3N4O3S. The fourth-order valence-electron chi connectivity index (χ4n) is 3.54. The summed E-state index contributed by atoms with van der Waals surface area (Å²) in [5, 5.41) is -0.494. The monoisotopic (exact) mass is 440 g/mol. The first kappa shape index (κ1) is 20.6. The van der Waals surface area contributed by atoms with Gasteiger partial charge in [0.15, 0.2) is 17.4 Å². The Balaban J connectivity index is 1.73. The molecule has 160 valence electrons. The van der Waals surface area contributed by atoms with Crippen LogP contribution in [0, 0.1) is 11.7 Å². The summed E-state index contributed by atoms with van der Waals surface area (Å²) in [7, 11) is 0. The number of aromatic nitrogens is 2. The first-order valence-electron chi connectivity index (χ1n) is 9.33.